The van der Waals surface area contributed by atoms with Gasteiger partial charge in [0.05, 0.1) is 6.10 Å². The molecular formula is C15H19F3O. The van der Waals surface area contributed by atoms with E-state index < -0.39 is 23.3 Å². The lowest BCUT2D eigenvalue weighted by Crippen LogP contribution is -2.37. The lowest BCUT2D eigenvalue weighted by molar-refractivity contribution is -0.115. The average Bonchev–Trinajstić information content (AvgIpc) is 2.35. The number of aliphatic hydroxyl groups is 1. The van der Waals surface area contributed by atoms with Crippen LogP contribution in [0, 0.1) is 5.41 Å². The molecule has 4 heteroatoms. The van der Waals surface area contributed by atoms with Gasteiger partial charge in [0, 0.05) is 11.0 Å². The molecule has 1 rings (SSSR count). The van der Waals surface area contributed by atoms with Crippen molar-refractivity contribution in [3.63, 3.8) is 0 Å². The van der Waals surface area contributed by atoms with Crippen molar-refractivity contribution in [2.75, 3.05) is 0 Å². The zero-order valence-corrected chi connectivity index (χ0v) is 11.2. The molecule has 1 aromatic carbocycles. The first kappa shape index (κ1) is 15.8. The molecule has 0 amide bonds. The summed E-state index contributed by atoms with van der Waals surface area (Å²) in [6.07, 6.45) is -4.75. The summed E-state index contributed by atoms with van der Waals surface area (Å²) in [7, 11) is 0. The third kappa shape index (κ3) is 4.10. The van der Waals surface area contributed by atoms with Gasteiger partial charge in [-0.2, -0.15) is 13.2 Å². The molecule has 106 valence electrons. The van der Waals surface area contributed by atoms with E-state index in [9.17, 15) is 18.3 Å². The number of alkyl halides is 3. The van der Waals surface area contributed by atoms with E-state index in [-0.39, 0.29) is 6.42 Å². The first-order valence-electron chi connectivity index (χ1n) is 6.14. The van der Waals surface area contributed by atoms with Gasteiger partial charge in [-0.3, -0.25) is 0 Å². The van der Waals surface area contributed by atoms with E-state index in [0.29, 0.717) is 6.42 Å². The van der Waals surface area contributed by atoms with Crippen LogP contribution in [0.3, 0.4) is 0 Å². The fourth-order valence-electron chi connectivity index (χ4n) is 1.88. The van der Waals surface area contributed by atoms with Crippen LogP contribution in [0.1, 0.15) is 25.8 Å². The molecule has 1 nitrogen and oxygen atoms in total. The molecule has 0 saturated heterocycles. The van der Waals surface area contributed by atoms with E-state index in [1.54, 1.807) is 0 Å². The van der Waals surface area contributed by atoms with E-state index >= 15 is 0 Å². The molecule has 0 spiro atoms. The van der Waals surface area contributed by atoms with Gasteiger partial charge in [-0.25, -0.2) is 0 Å². The van der Waals surface area contributed by atoms with Crippen molar-refractivity contribution in [3.8, 4) is 0 Å². The predicted octanol–water partition coefficient (Wildman–Crippen LogP) is 4.12. The summed E-state index contributed by atoms with van der Waals surface area (Å²) in [4.78, 5) is 0. The van der Waals surface area contributed by atoms with Crippen molar-refractivity contribution in [3.05, 3.63) is 48.0 Å². The number of aryl methyl sites for hydroxylation is 1. The average molecular weight is 272 g/mol. The van der Waals surface area contributed by atoms with Crippen molar-refractivity contribution >= 4 is 0 Å². The normalized spacial score (nSPS) is 14.2. The van der Waals surface area contributed by atoms with E-state index in [1.807, 2.05) is 30.3 Å². The summed E-state index contributed by atoms with van der Waals surface area (Å²) in [6.45, 7) is 5.84. The van der Waals surface area contributed by atoms with Crippen molar-refractivity contribution in [1.82, 2.24) is 0 Å². The topological polar surface area (TPSA) is 20.2 Å². The third-order valence-electron chi connectivity index (χ3n) is 3.50. The Labute approximate surface area is 111 Å². The zero-order chi connectivity index (χ0) is 14.7. The molecule has 0 heterocycles. The first-order valence-corrected chi connectivity index (χ1v) is 6.14. The Morgan fingerprint density at radius 1 is 1.21 bits per heavy atom. The van der Waals surface area contributed by atoms with E-state index in [0.717, 1.165) is 5.56 Å². The van der Waals surface area contributed by atoms with Crippen molar-refractivity contribution in [1.29, 1.82) is 0 Å². The van der Waals surface area contributed by atoms with Gasteiger partial charge in [0.2, 0.25) is 0 Å². The van der Waals surface area contributed by atoms with Gasteiger partial charge < -0.3 is 5.11 Å². The highest BCUT2D eigenvalue weighted by molar-refractivity contribution is 5.18. The second kappa shape index (κ2) is 5.78. The van der Waals surface area contributed by atoms with E-state index in [1.165, 1.54) is 13.8 Å². The number of aliphatic hydroxyl groups excluding tert-OH is 1. The van der Waals surface area contributed by atoms with Gasteiger partial charge >= 0.3 is 6.18 Å². The Balaban J connectivity index is 2.67. The minimum absolute atomic E-state index is 0.270. The quantitative estimate of drug-likeness (QED) is 0.799. The number of rotatable bonds is 5. The first-order chi connectivity index (χ1) is 8.65. The maximum absolute atomic E-state index is 12.7. The lowest BCUT2D eigenvalue weighted by atomic mass is 9.77. The molecule has 1 atom stereocenters. The SMILES string of the molecule is C=C(C(F)(F)F)C(C)(C)C(O)CCc1ccccc1. The highest BCUT2D eigenvalue weighted by atomic mass is 19.4. The summed E-state index contributed by atoms with van der Waals surface area (Å²) in [5, 5.41) is 10.0. The zero-order valence-electron chi connectivity index (χ0n) is 11.2. The highest BCUT2D eigenvalue weighted by Gasteiger charge is 2.44. The largest absolute Gasteiger partial charge is 0.412 e. The van der Waals surface area contributed by atoms with Crippen LogP contribution in [0.15, 0.2) is 42.5 Å². The molecule has 0 saturated carbocycles. The second-order valence-electron chi connectivity index (χ2n) is 5.24. The maximum atomic E-state index is 12.7. The van der Waals surface area contributed by atoms with Crippen LogP contribution >= 0.6 is 0 Å². The Morgan fingerprint density at radius 3 is 2.21 bits per heavy atom. The standard InChI is InChI=1S/C15H19F3O/c1-11(15(16,17)18)14(2,3)13(19)10-9-12-7-5-4-6-8-12/h4-8,13,19H,1,9-10H2,2-3H3. The van der Waals surface area contributed by atoms with Gasteiger partial charge in [-0.1, -0.05) is 50.8 Å². The molecule has 1 aromatic rings. The van der Waals surface area contributed by atoms with Gasteiger partial charge in [-0.15, -0.1) is 0 Å². The van der Waals surface area contributed by atoms with Crippen molar-refractivity contribution < 1.29 is 18.3 Å². The van der Waals surface area contributed by atoms with E-state index in [4.69, 9.17) is 0 Å². The van der Waals surface area contributed by atoms with Crippen molar-refractivity contribution in [2.24, 2.45) is 5.41 Å². The monoisotopic (exact) mass is 272 g/mol. The molecule has 0 bridgehead atoms. The predicted molar refractivity (Wildman–Crippen MR) is 69.7 cm³/mol. The molecule has 0 aromatic heterocycles. The van der Waals surface area contributed by atoms with Crippen molar-refractivity contribution in [2.45, 2.75) is 39.0 Å². The number of hydrogen-bond donors (Lipinski definition) is 1. The number of benzene rings is 1. The van der Waals surface area contributed by atoms with Gasteiger partial charge in [0.15, 0.2) is 0 Å². The maximum Gasteiger partial charge on any atom is 0.412 e. The van der Waals surface area contributed by atoms with Crippen LogP contribution in [0.4, 0.5) is 13.2 Å². The van der Waals surface area contributed by atoms with Crippen LogP contribution in [-0.2, 0) is 6.42 Å². The highest BCUT2D eigenvalue weighted by Crippen LogP contribution is 2.41. The third-order valence-corrected chi connectivity index (χ3v) is 3.50. The molecule has 1 N–H and O–H groups in total. The Bertz CT molecular complexity index is 421. The minimum atomic E-state index is -4.47. The number of hydrogen-bond acceptors (Lipinski definition) is 1. The summed E-state index contributed by atoms with van der Waals surface area (Å²) < 4.78 is 38.0. The molecule has 0 fully saturated rings. The molecule has 0 aliphatic heterocycles. The molecule has 0 aliphatic rings. The van der Waals surface area contributed by atoms with Crippen LogP contribution < -0.4 is 0 Å². The van der Waals surface area contributed by atoms with E-state index in [2.05, 4.69) is 6.58 Å². The molecule has 19 heavy (non-hydrogen) atoms. The lowest BCUT2D eigenvalue weighted by Gasteiger charge is -2.33. The second-order valence-corrected chi connectivity index (χ2v) is 5.24. The fourth-order valence-corrected chi connectivity index (χ4v) is 1.88. The van der Waals surface area contributed by atoms with Crippen LogP contribution in [0.25, 0.3) is 0 Å². The Morgan fingerprint density at radius 2 is 1.74 bits per heavy atom. The van der Waals surface area contributed by atoms with Crippen LogP contribution in [0.5, 0.6) is 0 Å². The van der Waals surface area contributed by atoms with Gasteiger partial charge in [0.1, 0.15) is 0 Å². The summed E-state index contributed by atoms with van der Waals surface area (Å²) in [5.74, 6) is 0. The molecule has 1 unspecified atom stereocenters. The van der Waals surface area contributed by atoms with Crippen LogP contribution in [0.2, 0.25) is 0 Å². The fraction of sp³-hybridized carbons (Fsp3) is 0.467. The van der Waals surface area contributed by atoms with Gasteiger partial charge in [-0.05, 0) is 18.4 Å². The smallest absolute Gasteiger partial charge is 0.392 e. The summed E-state index contributed by atoms with van der Waals surface area (Å²) in [5.41, 5.74) is -1.27. The minimum Gasteiger partial charge on any atom is -0.392 e. The summed E-state index contributed by atoms with van der Waals surface area (Å²) in [6, 6.07) is 9.37. The molecular weight excluding hydrogens is 253 g/mol. The Kier molecular flexibility index (Phi) is 4.80. The molecule has 0 radical (unpaired) electrons. The van der Waals surface area contributed by atoms with Crippen LogP contribution in [-0.4, -0.2) is 17.4 Å². The molecule has 0 aliphatic carbocycles. The van der Waals surface area contributed by atoms with Gasteiger partial charge in [0.25, 0.3) is 0 Å². The Hall–Kier alpha value is -1.29. The number of halogens is 3. The summed E-state index contributed by atoms with van der Waals surface area (Å²) >= 11 is 0.